The maximum atomic E-state index is 12.3. The molecule has 3 heteroatoms. The van der Waals surface area contributed by atoms with E-state index in [2.05, 4.69) is 61.5 Å². The monoisotopic (exact) mass is 422 g/mol. The van der Waals surface area contributed by atoms with Gasteiger partial charge in [0.25, 0.3) is 0 Å². The van der Waals surface area contributed by atoms with Crippen LogP contribution in [-0.2, 0) is 17.8 Å². The molecule has 2 N–H and O–H groups in total. The molecule has 0 radical (unpaired) electrons. The summed E-state index contributed by atoms with van der Waals surface area (Å²) in [6.07, 6.45) is 11.1. The number of unbranched alkanes of at least 4 members (excludes halogenated alkanes) is 5. The molecule has 0 aliphatic rings. The van der Waals surface area contributed by atoms with Crippen LogP contribution in [-0.4, -0.2) is 24.4 Å². The minimum atomic E-state index is 0.220. The maximum Gasteiger partial charge on any atom is 0.222 e. The van der Waals surface area contributed by atoms with Crippen molar-refractivity contribution in [2.75, 3.05) is 13.6 Å². The summed E-state index contributed by atoms with van der Waals surface area (Å²) in [6.45, 7) is 3.65. The average molecular weight is 423 g/mol. The molecule has 0 spiro atoms. The fourth-order valence-corrected chi connectivity index (χ4v) is 4.14. The quantitative estimate of drug-likeness (QED) is 0.335. The van der Waals surface area contributed by atoms with Crippen molar-refractivity contribution in [2.24, 2.45) is 5.73 Å². The van der Waals surface area contributed by atoms with Crippen molar-refractivity contribution in [3.8, 4) is 0 Å². The second kappa shape index (κ2) is 14.8. The van der Waals surface area contributed by atoms with Crippen LogP contribution in [0.2, 0.25) is 0 Å². The first-order valence-corrected chi connectivity index (χ1v) is 12.2. The molecule has 0 aliphatic heterocycles. The van der Waals surface area contributed by atoms with Crippen molar-refractivity contribution >= 4 is 5.91 Å². The maximum absolute atomic E-state index is 12.3. The van der Waals surface area contributed by atoms with E-state index in [0.29, 0.717) is 25.4 Å². The molecular weight excluding hydrogens is 380 g/mol. The lowest BCUT2D eigenvalue weighted by molar-refractivity contribution is -0.130. The first-order valence-electron chi connectivity index (χ1n) is 12.2. The van der Waals surface area contributed by atoms with E-state index in [4.69, 9.17) is 5.73 Å². The number of hydrogen-bond acceptors (Lipinski definition) is 2. The van der Waals surface area contributed by atoms with Gasteiger partial charge in [-0.15, -0.1) is 0 Å². The van der Waals surface area contributed by atoms with Crippen LogP contribution < -0.4 is 5.73 Å². The van der Waals surface area contributed by atoms with Gasteiger partial charge in [-0.1, -0.05) is 93.6 Å². The minimum absolute atomic E-state index is 0.220. The highest BCUT2D eigenvalue weighted by Crippen LogP contribution is 2.27. The highest BCUT2D eigenvalue weighted by atomic mass is 16.2. The van der Waals surface area contributed by atoms with Crippen LogP contribution in [0.3, 0.4) is 0 Å². The van der Waals surface area contributed by atoms with E-state index < -0.39 is 0 Å². The van der Waals surface area contributed by atoms with Gasteiger partial charge >= 0.3 is 0 Å². The van der Waals surface area contributed by atoms with E-state index in [0.717, 1.165) is 25.7 Å². The lowest BCUT2D eigenvalue weighted by atomic mass is 9.87. The van der Waals surface area contributed by atoms with Crippen molar-refractivity contribution < 1.29 is 4.79 Å². The van der Waals surface area contributed by atoms with E-state index in [-0.39, 0.29) is 5.91 Å². The SMILES string of the molecule is CCCCCCC(Cc1ccc(CN(C)C(=O)CCCCCN)cc1)c1ccccc1. The van der Waals surface area contributed by atoms with Gasteiger partial charge in [0.15, 0.2) is 0 Å². The Morgan fingerprint density at radius 2 is 1.55 bits per heavy atom. The van der Waals surface area contributed by atoms with Crippen molar-refractivity contribution in [2.45, 2.75) is 83.6 Å². The summed E-state index contributed by atoms with van der Waals surface area (Å²) < 4.78 is 0. The molecule has 0 bridgehead atoms. The predicted octanol–water partition coefficient (Wildman–Crippen LogP) is 6.46. The molecule has 170 valence electrons. The molecule has 0 aliphatic carbocycles. The molecule has 0 saturated heterocycles. The molecule has 2 rings (SSSR count). The normalized spacial score (nSPS) is 12.0. The predicted molar refractivity (Wildman–Crippen MR) is 132 cm³/mol. The topological polar surface area (TPSA) is 46.3 Å². The van der Waals surface area contributed by atoms with E-state index >= 15 is 0 Å². The van der Waals surface area contributed by atoms with E-state index in [1.807, 2.05) is 11.9 Å². The van der Waals surface area contributed by atoms with Crippen molar-refractivity contribution in [1.29, 1.82) is 0 Å². The molecule has 31 heavy (non-hydrogen) atoms. The number of rotatable bonds is 15. The number of amides is 1. The van der Waals surface area contributed by atoms with Gasteiger partial charge in [-0.2, -0.15) is 0 Å². The van der Waals surface area contributed by atoms with Crippen LogP contribution in [0.1, 0.15) is 87.3 Å². The molecule has 2 aromatic carbocycles. The van der Waals surface area contributed by atoms with E-state index in [1.165, 1.54) is 48.8 Å². The summed E-state index contributed by atoms with van der Waals surface area (Å²) >= 11 is 0. The Labute approximate surface area is 190 Å². The second-order valence-electron chi connectivity index (χ2n) is 8.83. The van der Waals surface area contributed by atoms with Crippen molar-refractivity contribution in [1.82, 2.24) is 4.90 Å². The first kappa shape index (κ1) is 25.1. The van der Waals surface area contributed by atoms with Gasteiger partial charge in [-0.05, 0) is 54.8 Å². The zero-order valence-corrected chi connectivity index (χ0v) is 19.7. The van der Waals surface area contributed by atoms with Crippen molar-refractivity contribution in [3.63, 3.8) is 0 Å². The highest BCUT2D eigenvalue weighted by molar-refractivity contribution is 5.75. The molecule has 2 aromatic rings. The highest BCUT2D eigenvalue weighted by Gasteiger charge is 2.13. The van der Waals surface area contributed by atoms with Crippen LogP contribution in [0.15, 0.2) is 54.6 Å². The van der Waals surface area contributed by atoms with E-state index in [9.17, 15) is 4.79 Å². The summed E-state index contributed by atoms with van der Waals surface area (Å²) in [5.74, 6) is 0.791. The Morgan fingerprint density at radius 1 is 0.871 bits per heavy atom. The molecule has 0 heterocycles. The minimum Gasteiger partial charge on any atom is -0.341 e. The number of benzene rings is 2. The van der Waals surface area contributed by atoms with Crippen LogP contribution in [0, 0.1) is 0 Å². The number of carbonyl (C=O) groups is 1. The lowest BCUT2D eigenvalue weighted by Gasteiger charge is -2.19. The van der Waals surface area contributed by atoms with Gasteiger partial charge in [0.1, 0.15) is 0 Å². The third-order valence-electron chi connectivity index (χ3n) is 6.12. The number of hydrogen-bond donors (Lipinski definition) is 1. The fraction of sp³-hybridized carbons (Fsp3) is 0.536. The smallest absolute Gasteiger partial charge is 0.222 e. The Balaban J connectivity index is 1.90. The third kappa shape index (κ3) is 9.69. The largest absolute Gasteiger partial charge is 0.341 e. The third-order valence-corrected chi connectivity index (χ3v) is 6.12. The Kier molecular flexibility index (Phi) is 12.0. The van der Waals surface area contributed by atoms with Gasteiger partial charge in [0.05, 0.1) is 0 Å². The summed E-state index contributed by atoms with van der Waals surface area (Å²) in [6, 6.07) is 19.8. The standard InChI is InChI=1S/C28H42N2O/c1-3-4-5-8-15-27(26-13-9-6-10-14-26)22-24-17-19-25(20-18-24)23-30(2)28(31)16-11-7-12-21-29/h6,9-10,13-14,17-20,27H,3-5,7-8,11-12,15-16,21-23,29H2,1-2H3. The second-order valence-corrected chi connectivity index (χ2v) is 8.83. The summed E-state index contributed by atoms with van der Waals surface area (Å²) in [5, 5.41) is 0. The molecule has 1 amide bonds. The van der Waals surface area contributed by atoms with Gasteiger partial charge < -0.3 is 10.6 Å². The van der Waals surface area contributed by atoms with Crippen LogP contribution in [0.4, 0.5) is 0 Å². The first-order chi connectivity index (χ1) is 15.1. The fourth-order valence-electron chi connectivity index (χ4n) is 4.14. The average Bonchev–Trinajstić information content (AvgIpc) is 2.80. The number of nitrogens with zero attached hydrogens (tertiary/aromatic N) is 1. The zero-order chi connectivity index (χ0) is 22.3. The van der Waals surface area contributed by atoms with Gasteiger partial charge in [0, 0.05) is 20.0 Å². The molecule has 0 saturated carbocycles. The molecule has 3 nitrogen and oxygen atoms in total. The van der Waals surface area contributed by atoms with Crippen LogP contribution in [0.25, 0.3) is 0 Å². The van der Waals surface area contributed by atoms with Gasteiger partial charge in [-0.25, -0.2) is 0 Å². The van der Waals surface area contributed by atoms with Crippen LogP contribution in [0.5, 0.6) is 0 Å². The Morgan fingerprint density at radius 3 is 2.23 bits per heavy atom. The number of carbonyl (C=O) groups excluding carboxylic acids is 1. The number of nitrogens with two attached hydrogens (primary N) is 1. The summed E-state index contributed by atoms with van der Waals surface area (Å²) in [4.78, 5) is 14.2. The molecule has 0 aromatic heterocycles. The van der Waals surface area contributed by atoms with Gasteiger partial charge in [-0.3, -0.25) is 4.79 Å². The Hall–Kier alpha value is -2.13. The van der Waals surface area contributed by atoms with Gasteiger partial charge in [0.2, 0.25) is 5.91 Å². The van der Waals surface area contributed by atoms with Crippen molar-refractivity contribution in [3.05, 3.63) is 71.3 Å². The van der Waals surface area contributed by atoms with E-state index in [1.54, 1.807) is 0 Å². The molecular formula is C28H42N2O. The molecule has 0 fully saturated rings. The Bertz CT molecular complexity index is 726. The molecule has 1 unspecified atom stereocenters. The zero-order valence-electron chi connectivity index (χ0n) is 19.7. The summed E-state index contributed by atoms with van der Waals surface area (Å²) in [5.41, 5.74) is 9.54. The molecule has 1 atom stereocenters. The summed E-state index contributed by atoms with van der Waals surface area (Å²) in [7, 11) is 1.90. The van der Waals surface area contributed by atoms with Crippen LogP contribution >= 0.6 is 0 Å². The lowest BCUT2D eigenvalue weighted by Crippen LogP contribution is -2.25.